The lowest BCUT2D eigenvalue weighted by Crippen LogP contribution is -2.12. The van der Waals surface area contributed by atoms with Crippen molar-refractivity contribution in [1.82, 2.24) is 19.9 Å². The fourth-order valence-electron chi connectivity index (χ4n) is 2.50. The average Bonchev–Trinajstić information content (AvgIpc) is 2.70. The zero-order chi connectivity index (χ0) is 16.5. The third-order valence-electron chi connectivity index (χ3n) is 3.55. The van der Waals surface area contributed by atoms with Crippen molar-refractivity contribution in [2.45, 2.75) is 6.42 Å². The van der Waals surface area contributed by atoms with Gasteiger partial charge in [-0.25, -0.2) is 19.9 Å². The molecule has 0 fully saturated rings. The molecule has 1 aliphatic heterocycles. The predicted molar refractivity (Wildman–Crippen MR) is 90.1 cm³/mol. The summed E-state index contributed by atoms with van der Waals surface area (Å²) < 4.78 is 0. The van der Waals surface area contributed by atoms with Crippen molar-refractivity contribution in [3.63, 3.8) is 0 Å². The molecule has 3 heterocycles. The topological polar surface area (TPSA) is 92.7 Å². The second-order valence-corrected chi connectivity index (χ2v) is 5.64. The first kappa shape index (κ1) is 14.5. The van der Waals surface area contributed by atoms with E-state index in [1.807, 2.05) is 6.07 Å². The molecule has 118 valence electrons. The van der Waals surface area contributed by atoms with E-state index in [-0.39, 0.29) is 12.3 Å². The number of carbonyl (C=O) groups is 1. The summed E-state index contributed by atoms with van der Waals surface area (Å²) in [5, 5.41) is 6.42. The zero-order valence-electron chi connectivity index (χ0n) is 12.3. The van der Waals surface area contributed by atoms with Gasteiger partial charge in [-0.2, -0.15) is 0 Å². The van der Waals surface area contributed by atoms with Gasteiger partial charge in [-0.15, -0.1) is 0 Å². The molecule has 24 heavy (non-hydrogen) atoms. The van der Waals surface area contributed by atoms with Crippen LogP contribution in [0.15, 0.2) is 43.0 Å². The van der Waals surface area contributed by atoms with Gasteiger partial charge in [-0.05, 0) is 24.3 Å². The number of anilines is 3. The fourth-order valence-corrected chi connectivity index (χ4v) is 2.67. The van der Waals surface area contributed by atoms with Crippen LogP contribution in [0.1, 0.15) is 5.56 Å². The van der Waals surface area contributed by atoms with Gasteiger partial charge in [-0.1, -0.05) is 11.6 Å². The molecule has 1 aromatic carbocycles. The number of nitrogens with one attached hydrogen (secondary N) is 2. The van der Waals surface area contributed by atoms with Crippen LogP contribution in [0.25, 0.3) is 11.3 Å². The Morgan fingerprint density at radius 3 is 2.96 bits per heavy atom. The van der Waals surface area contributed by atoms with Crippen LogP contribution in [-0.2, 0) is 11.2 Å². The molecule has 2 N–H and O–H groups in total. The standard InChI is InChI=1S/C16H11ClN6O/c17-10-1-2-11-12(6-10)21-14(24)5-9-7-19-16(23-15(9)11)22-13-3-4-18-8-20-13/h1-4,6-8H,5H2,(H,21,24)(H,18,19,20,22,23). The molecular formula is C16H11ClN6O. The molecular weight excluding hydrogens is 328 g/mol. The summed E-state index contributed by atoms with van der Waals surface area (Å²) in [6.07, 6.45) is 4.91. The number of hydrogen-bond acceptors (Lipinski definition) is 6. The maximum absolute atomic E-state index is 12.1. The Labute approximate surface area is 142 Å². The molecule has 1 aliphatic rings. The Bertz CT molecular complexity index is 931. The van der Waals surface area contributed by atoms with Gasteiger partial charge in [0.25, 0.3) is 0 Å². The number of amides is 1. The van der Waals surface area contributed by atoms with E-state index in [2.05, 4.69) is 30.6 Å². The molecule has 3 aromatic rings. The third-order valence-corrected chi connectivity index (χ3v) is 3.78. The number of nitrogens with zero attached hydrogens (tertiary/aromatic N) is 4. The molecule has 0 saturated carbocycles. The molecule has 0 aliphatic carbocycles. The molecule has 0 saturated heterocycles. The Balaban J connectivity index is 1.80. The Morgan fingerprint density at radius 2 is 2.12 bits per heavy atom. The highest BCUT2D eigenvalue weighted by Gasteiger charge is 2.21. The minimum atomic E-state index is -0.127. The lowest BCUT2D eigenvalue weighted by molar-refractivity contribution is -0.115. The van der Waals surface area contributed by atoms with Crippen LogP contribution in [0.4, 0.5) is 17.5 Å². The summed E-state index contributed by atoms with van der Waals surface area (Å²) in [5.41, 5.74) is 2.87. The molecule has 1 amide bonds. The Morgan fingerprint density at radius 1 is 1.21 bits per heavy atom. The molecule has 2 aromatic heterocycles. The van der Waals surface area contributed by atoms with Gasteiger partial charge in [0.1, 0.15) is 12.1 Å². The van der Waals surface area contributed by atoms with Gasteiger partial charge < -0.3 is 10.6 Å². The van der Waals surface area contributed by atoms with Gasteiger partial charge in [0.15, 0.2) is 0 Å². The lowest BCUT2D eigenvalue weighted by atomic mass is 10.1. The number of rotatable bonds is 2. The number of benzene rings is 1. The minimum Gasteiger partial charge on any atom is -0.325 e. The van der Waals surface area contributed by atoms with Crippen molar-refractivity contribution in [2.75, 3.05) is 10.6 Å². The summed E-state index contributed by atoms with van der Waals surface area (Å²) in [5.74, 6) is 0.851. The highest BCUT2D eigenvalue weighted by molar-refractivity contribution is 6.31. The van der Waals surface area contributed by atoms with E-state index in [1.54, 1.807) is 30.6 Å². The van der Waals surface area contributed by atoms with Crippen molar-refractivity contribution in [1.29, 1.82) is 0 Å². The van der Waals surface area contributed by atoms with Gasteiger partial charge in [-0.3, -0.25) is 4.79 Å². The highest BCUT2D eigenvalue weighted by atomic mass is 35.5. The quantitative estimate of drug-likeness (QED) is 0.746. The lowest BCUT2D eigenvalue weighted by Gasteiger charge is -2.10. The predicted octanol–water partition coefficient (Wildman–Crippen LogP) is 2.83. The second kappa shape index (κ2) is 5.86. The maximum atomic E-state index is 12.1. The van der Waals surface area contributed by atoms with Gasteiger partial charge in [0.05, 0.1) is 17.8 Å². The van der Waals surface area contributed by atoms with E-state index < -0.39 is 0 Å². The maximum Gasteiger partial charge on any atom is 0.228 e. The molecule has 0 atom stereocenters. The summed E-state index contributed by atoms with van der Waals surface area (Å²) in [7, 11) is 0. The van der Waals surface area contributed by atoms with E-state index in [9.17, 15) is 4.79 Å². The van der Waals surface area contributed by atoms with E-state index in [0.29, 0.717) is 28.2 Å². The number of aromatic nitrogens is 4. The molecule has 7 nitrogen and oxygen atoms in total. The fraction of sp³-hybridized carbons (Fsp3) is 0.0625. The van der Waals surface area contributed by atoms with Crippen LogP contribution in [0.5, 0.6) is 0 Å². The van der Waals surface area contributed by atoms with Crippen LogP contribution < -0.4 is 10.6 Å². The number of carbonyl (C=O) groups excluding carboxylic acids is 1. The third kappa shape index (κ3) is 2.77. The molecule has 0 unspecified atom stereocenters. The highest BCUT2D eigenvalue weighted by Crippen LogP contribution is 2.34. The first-order valence-corrected chi connectivity index (χ1v) is 7.55. The van der Waals surface area contributed by atoms with Crippen molar-refractivity contribution < 1.29 is 4.79 Å². The zero-order valence-corrected chi connectivity index (χ0v) is 13.1. The van der Waals surface area contributed by atoms with Crippen LogP contribution >= 0.6 is 11.6 Å². The van der Waals surface area contributed by atoms with Crippen molar-refractivity contribution >= 4 is 35.0 Å². The summed E-state index contributed by atoms with van der Waals surface area (Å²) in [6.45, 7) is 0. The SMILES string of the molecule is O=C1Cc2cnc(Nc3ccncn3)nc2-c2ccc(Cl)cc2N1. The summed E-state index contributed by atoms with van der Waals surface area (Å²) >= 11 is 6.03. The normalized spacial score (nSPS) is 12.6. The molecule has 0 radical (unpaired) electrons. The van der Waals surface area contributed by atoms with E-state index >= 15 is 0 Å². The van der Waals surface area contributed by atoms with Gasteiger partial charge in [0.2, 0.25) is 11.9 Å². The van der Waals surface area contributed by atoms with Crippen LogP contribution in [0.3, 0.4) is 0 Å². The van der Waals surface area contributed by atoms with E-state index in [4.69, 9.17) is 11.6 Å². The van der Waals surface area contributed by atoms with E-state index in [1.165, 1.54) is 6.33 Å². The number of fused-ring (bicyclic) bond motifs is 3. The molecule has 0 spiro atoms. The van der Waals surface area contributed by atoms with Crippen molar-refractivity contribution in [3.8, 4) is 11.3 Å². The largest absolute Gasteiger partial charge is 0.325 e. The first-order valence-electron chi connectivity index (χ1n) is 7.18. The molecule has 8 heteroatoms. The van der Waals surface area contributed by atoms with Crippen LogP contribution in [0.2, 0.25) is 5.02 Å². The Hall–Kier alpha value is -3.06. The van der Waals surface area contributed by atoms with Gasteiger partial charge >= 0.3 is 0 Å². The summed E-state index contributed by atoms with van der Waals surface area (Å²) in [4.78, 5) is 28.8. The molecule has 0 bridgehead atoms. The van der Waals surface area contributed by atoms with Crippen molar-refractivity contribution in [2.24, 2.45) is 0 Å². The van der Waals surface area contributed by atoms with Crippen LogP contribution in [-0.4, -0.2) is 25.8 Å². The molecule has 4 rings (SSSR count). The average molecular weight is 339 g/mol. The van der Waals surface area contributed by atoms with Gasteiger partial charge in [0, 0.05) is 28.5 Å². The Kier molecular flexibility index (Phi) is 3.55. The number of halogens is 1. The first-order chi connectivity index (χ1) is 11.7. The van der Waals surface area contributed by atoms with E-state index in [0.717, 1.165) is 11.1 Å². The second-order valence-electron chi connectivity index (χ2n) is 5.20. The van der Waals surface area contributed by atoms with Crippen LogP contribution in [0, 0.1) is 0 Å². The van der Waals surface area contributed by atoms with Crippen molar-refractivity contribution in [3.05, 3.63) is 53.6 Å². The minimum absolute atomic E-state index is 0.127. The number of hydrogen-bond donors (Lipinski definition) is 2. The smallest absolute Gasteiger partial charge is 0.228 e. The summed E-state index contributed by atoms with van der Waals surface area (Å²) in [6, 6.07) is 7.03. The monoisotopic (exact) mass is 338 g/mol.